The van der Waals surface area contributed by atoms with E-state index in [4.69, 9.17) is 0 Å². The van der Waals surface area contributed by atoms with E-state index in [1.807, 2.05) is 0 Å². The van der Waals surface area contributed by atoms with Crippen molar-refractivity contribution in [3.05, 3.63) is 47.5 Å². The summed E-state index contributed by atoms with van der Waals surface area (Å²) in [4.78, 5) is 47.3. The fraction of sp³-hybridized carbons (Fsp3) is 0.0667. The number of nitrogens with zero attached hydrogens (tertiary/aromatic N) is 1. The molecule has 1 aromatic rings. The number of hydrogen-bond donors (Lipinski definition) is 1. The van der Waals surface area contributed by atoms with Crippen molar-refractivity contribution in [1.29, 1.82) is 0 Å². The van der Waals surface area contributed by atoms with Gasteiger partial charge in [0, 0.05) is 19.2 Å². The molecule has 1 aromatic carbocycles. The van der Waals surface area contributed by atoms with Crippen LogP contribution < -0.4 is 5.32 Å². The van der Waals surface area contributed by atoms with Crippen molar-refractivity contribution in [3.8, 4) is 0 Å². The number of carbonyl (C=O) groups excluding carboxylic acids is 4. The Kier molecular flexibility index (Phi) is 2.79. The van der Waals surface area contributed by atoms with Gasteiger partial charge in [-0.25, -0.2) is 0 Å². The minimum atomic E-state index is -0.475. The van der Waals surface area contributed by atoms with Gasteiger partial charge in [-0.3, -0.25) is 29.4 Å². The topological polar surface area (TPSA) is 83.6 Å². The number of likely N-dealkylation sites (N-methyl/N-ethyl adjacent to an activating group) is 1. The molecule has 2 aliphatic heterocycles. The Labute approximate surface area is 119 Å². The van der Waals surface area contributed by atoms with Crippen LogP contribution in [0.15, 0.2) is 36.4 Å². The minimum Gasteiger partial charge on any atom is -0.289 e. The van der Waals surface area contributed by atoms with E-state index in [0.29, 0.717) is 11.1 Å². The first-order chi connectivity index (χ1) is 9.97. The molecule has 104 valence electrons. The molecule has 0 atom stereocenters. The normalized spacial score (nSPS) is 18.0. The number of carbonyl (C=O) groups is 4. The van der Waals surface area contributed by atoms with E-state index < -0.39 is 17.7 Å². The van der Waals surface area contributed by atoms with Gasteiger partial charge in [-0.05, 0) is 17.2 Å². The molecule has 1 N–H and O–H groups in total. The van der Waals surface area contributed by atoms with E-state index in [2.05, 4.69) is 5.32 Å². The summed E-state index contributed by atoms with van der Waals surface area (Å²) in [7, 11) is 1.41. The molecule has 0 bridgehead atoms. The van der Waals surface area contributed by atoms with Gasteiger partial charge in [-0.1, -0.05) is 18.2 Å². The number of hydrogen-bond acceptors (Lipinski definition) is 4. The van der Waals surface area contributed by atoms with Gasteiger partial charge >= 0.3 is 0 Å². The van der Waals surface area contributed by atoms with E-state index >= 15 is 0 Å². The molecule has 0 aromatic heterocycles. The molecule has 21 heavy (non-hydrogen) atoms. The number of rotatable bonds is 2. The van der Waals surface area contributed by atoms with Crippen LogP contribution in [-0.2, 0) is 19.2 Å². The lowest BCUT2D eigenvalue weighted by Crippen LogP contribution is -2.25. The van der Waals surface area contributed by atoms with Crippen molar-refractivity contribution in [1.82, 2.24) is 10.2 Å². The Bertz CT molecular complexity index is 774. The first-order valence-corrected chi connectivity index (χ1v) is 6.19. The lowest BCUT2D eigenvalue weighted by molar-refractivity contribution is -0.134. The van der Waals surface area contributed by atoms with Crippen molar-refractivity contribution in [2.45, 2.75) is 0 Å². The smallest absolute Gasteiger partial charge is 0.261 e. The van der Waals surface area contributed by atoms with Gasteiger partial charge in [0.25, 0.3) is 23.6 Å². The zero-order valence-corrected chi connectivity index (χ0v) is 11.0. The molecule has 4 amide bonds. The van der Waals surface area contributed by atoms with Crippen LogP contribution in [0.25, 0.3) is 11.1 Å². The summed E-state index contributed by atoms with van der Waals surface area (Å²) in [5.74, 6) is -1.71. The Hall–Kier alpha value is -3.02. The van der Waals surface area contributed by atoms with Gasteiger partial charge in [0.15, 0.2) is 0 Å². The molecule has 6 heteroatoms. The predicted molar refractivity (Wildman–Crippen MR) is 73.3 cm³/mol. The van der Waals surface area contributed by atoms with Gasteiger partial charge in [-0.15, -0.1) is 0 Å². The Morgan fingerprint density at radius 2 is 1.62 bits per heavy atom. The van der Waals surface area contributed by atoms with Crippen LogP contribution in [0.3, 0.4) is 0 Å². The maximum absolute atomic E-state index is 12.0. The predicted octanol–water partition coefficient (Wildman–Crippen LogP) is 0.108. The lowest BCUT2D eigenvalue weighted by Gasteiger charge is -2.08. The maximum Gasteiger partial charge on any atom is 0.261 e. The fourth-order valence-electron chi connectivity index (χ4n) is 2.25. The molecule has 6 nitrogen and oxygen atoms in total. The average Bonchev–Trinajstić information content (AvgIpc) is 2.93. The van der Waals surface area contributed by atoms with Crippen LogP contribution in [0.2, 0.25) is 0 Å². The first kappa shape index (κ1) is 13.0. The highest BCUT2D eigenvalue weighted by Crippen LogP contribution is 2.26. The second kappa shape index (κ2) is 4.52. The third-order valence-electron chi connectivity index (χ3n) is 3.37. The van der Waals surface area contributed by atoms with Crippen LogP contribution in [0.4, 0.5) is 0 Å². The number of nitrogens with one attached hydrogen (secondary N) is 1. The van der Waals surface area contributed by atoms with E-state index in [1.165, 1.54) is 19.2 Å². The largest absolute Gasteiger partial charge is 0.289 e. The Balaban J connectivity index is 2.03. The molecular formula is C15H10N2O4. The molecule has 0 saturated carbocycles. The minimum absolute atomic E-state index is 0.243. The summed E-state index contributed by atoms with van der Waals surface area (Å²) < 4.78 is 0. The van der Waals surface area contributed by atoms with E-state index in [0.717, 1.165) is 4.90 Å². The van der Waals surface area contributed by atoms with Crippen LogP contribution in [-0.4, -0.2) is 35.6 Å². The highest BCUT2D eigenvalue weighted by Gasteiger charge is 2.29. The zero-order valence-electron chi connectivity index (χ0n) is 11.0. The molecule has 0 fully saturated rings. The number of amides is 4. The summed E-state index contributed by atoms with van der Waals surface area (Å²) in [6.45, 7) is 0. The van der Waals surface area contributed by atoms with Gasteiger partial charge < -0.3 is 0 Å². The van der Waals surface area contributed by atoms with Gasteiger partial charge in [0.05, 0.1) is 11.1 Å². The standard InChI is InChI=1S/C15H10N2O4/c1-17-13(19)7-11(15(17)21)9-4-2-3-8(5-9)10-6-12(18)16-14(10)20/h2-7H,1H3,(H,16,18,20). The van der Waals surface area contributed by atoms with E-state index in [-0.39, 0.29) is 17.1 Å². The molecule has 2 heterocycles. The summed E-state index contributed by atoms with van der Waals surface area (Å²) >= 11 is 0. The van der Waals surface area contributed by atoms with Gasteiger partial charge in [0.2, 0.25) is 0 Å². The number of imide groups is 2. The second-order valence-electron chi connectivity index (χ2n) is 4.72. The number of benzene rings is 1. The van der Waals surface area contributed by atoms with Crippen molar-refractivity contribution >= 4 is 34.8 Å². The van der Waals surface area contributed by atoms with Crippen LogP contribution in [0, 0.1) is 0 Å². The van der Waals surface area contributed by atoms with Crippen molar-refractivity contribution in [2.24, 2.45) is 0 Å². The third kappa shape index (κ3) is 2.06. The SMILES string of the molecule is CN1C(=O)C=C(c2cccc(C3=CC(=O)NC3=O)c2)C1=O. The highest BCUT2D eigenvalue weighted by atomic mass is 16.2. The summed E-state index contributed by atoms with van der Waals surface area (Å²) in [5, 5.41) is 2.16. The Morgan fingerprint density at radius 3 is 2.14 bits per heavy atom. The average molecular weight is 282 g/mol. The zero-order chi connectivity index (χ0) is 15.1. The molecule has 0 saturated heterocycles. The molecule has 0 radical (unpaired) electrons. The molecule has 0 aliphatic carbocycles. The fourth-order valence-corrected chi connectivity index (χ4v) is 2.25. The molecular weight excluding hydrogens is 272 g/mol. The molecule has 0 spiro atoms. The quantitative estimate of drug-likeness (QED) is 0.780. The summed E-state index contributed by atoms with van der Waals surface area (Å²) in [6, 6.07) is 6.62. The van der Waals surface area contributed by atoms with Gasteiger partial charge in [-0.2, -0.15) is 0 Å². The lowest BCUT2D eigenvalue weighted by atomic mass is 9.99. The van der Waals surface area contributed by atoms with Crippen molar-refractivity contribution in [2.75, 3.05) is 7.05 Å². The van der Waals surface area contributed by atoms with Gasteiger partial charge in [0.1, 0.15) is 0 Å². The molecule has 2 aliphatic rings. The first-order valence-electron chi connectivity index (χ1n) is 6.19. The third-order valence-corrected chi connectivity index (χ3v) is 3.37. The van der Waals surface area contributed by atoms with Crippen LogP contribution in [0.5, 0.6) is 0 Å². The van der Waals surface area contributed by atoms with E-state index in [1.54, 1.807) is 24.3 Å². The highest BCUT2D eigenvalue weighted by molar-refractivity contribution is 6.35. The second-order valence-corrected chi connectivity index (χ2v) is 4.72. The van der Waals surface area contributed by atoms with Crippen LogP contribution >= 0.6 is 0 Å². The van der Waals surface area contributed by atoms with Crippen LogP contribution in [0.1, 0.15) is 11.1 Å². The van der Waals surface area contributed by atoms with E-state index in [9.17, 15) is 19.2 Å². The maximum atomic E-state index is 12.0. The monoisotopic (exact) mass is 282 g/mol. The van der Waals surface area contributed by atoms with Crippen molar-refractivity contribution < 1.29 is 19.2 Å². The Morgan fingerprint density at radius 1 is 0.952 bits per heavy atom. The van der Waals surface area contributed by atoms with Crippen molar-refractivity contribution in [3.63, 3.8) is 0 Å². The molecule has 3 rings (SSSR count). The molecule has 0 unspecified atom stereocenters. The summed E-state index contributed by atoms with van der Waals surface area (Å²) in [5.41, 5.74) is 1.57. The summed E-state index contributed by atoms with van der Waals surface area (Å²) in [6.07, 6.45) is 2.47.